The van der Waals surface area contributed by atoms with E-state index < -0.39 is 0 Å². The number of aromatic nitrogens is 4. The molecule has 3 aromatic rings. The number of hydrogen-bond donors (Lipinski definition) is 1. The average molecular weight is 414 g/mol. The maximum atomic E-state index is 13.1. The normalized spacial score (nSPS) is 14.9. The van der Waals surface area contributed by atoms with Crippen LogP contribution in [0.25, 0.3) is 11.4 Å². The summed E-state index contributed by atoms with van der Waals surface area (Å²) in [6, 6.07) is 8.90. The van der Waals surface area contributed by atoms with Gasteiger partial charge >= 0.3 is 0 Å². The summed E-state index contributed by atoms with van der Waals surface area (Å²) in [6.07, 6.45) is 3.30. The zero-order valence-electron chi connectivity index (χ0n) is 15.1. The van der Waals surface area contributed by atoms with Crippen molar-refractivity contribution < 1.29 is 4.79 Å². The molecule has 0 fully saturated rings. The van der Waals surface area contributed by atoms with Crippen molar-refractivity contribution >= 4 is 41.1 Å². The highest BCUT2D eigenvalue weighted by molar-refractivity contribution is 7.71. The molecule has 8 nitrogen and oxygen atoms in total. The van der Waals surface area contributed by atoms with E-state index in [1.54, 1.807) is 41.6 Å². The predicted octanol–water partition coefficient (Wildman–Crippen LogP) is 2.77. The number of carbonyl (C=O) groups excluding carboxylic acids is 1. The molecule has 10 heteroatoms. The molecule has 1 aromatic carbocycles. The summed E-state index contributed by atoms with van der Waals surface area (Å²) in [5, 5.41) is 12.1. The van der Waals surface area contributed by atoms with Gasteiger partial charge in [-0.2, -0.15) is 14.9 Å². The third kappa shape index (κ3) is 3.24. The van der Waals surface area contributed by atoms with Gasteiger partial charge in [0.05, 0.1) is 12.4 Å². The first kappa shape index (κ1) is 18.5. The molecule has 0 spiro atoms. The molecular formula is C18H16ClN7OS. The number of nitrogens with zero attached hydrogens (tertiary/aromatic N) is 6. The van der Waals surface area contributed by atoms with Gasteiger partial charge in [0.25, 0.3) is 5.91 Å². The monoisotopic (exact) mass is 413 g/mol. The standard InChI is InChI=1S/C18H16ClN7OS/c1-24(2)10-25-14-4-3-12(19)9-13(14)15(17(25)27)23-26-16(21-22-18(26)28)11-5-7-20-8-6-11/h3-9H,10H2,1-2H3,(H,22,28)/b23-15-. The molecule has 28 heavy (non-hydrogen) atoms. The Labute approximate surface area is 171 Å². The third-order valence-corrected chi connectivity index (χ3v) is 4.66. The van der Waals surface area contributed by atoms with E-state index in [9.17, 15) is 4.79 Å². The molecule has 0 bridgehead atoms. The molecule has 0 saturated heterocycles. The Balaban J connectivity index is 1.88. The summed E-state index contributed by atoms with van der Waals surface area (Å²) in [6.45, 7) is 0.417. The van der Waals surface area contributed by atoms with Gasteiger partial charge < -0.3 is 0 Å². The maximum Gasteiger partial charge on any atom is 0.280 e. The highest BCUT2D eigenvalue weighted by Gasteiger charge is 2.35. The number of halogens is 1. The van der Waals surface area contributed by atoms with Gasteiger partial charge in [-0.3, -0.25) is 19.6 Å². The molecule has 142 valence electrons. The molecule has 0 radical (unpaired) electrons. The van der Waals surface area contributed by atoms with E-state index >= 15 is 0 Å². The van der Waals surface area contributed by atoms with Gasteiger partial charge in [-0.25, -0.2) is 5.10 Å². The van der Waals surface area contributed by atoms with Gasteiger partial charge in [-0.15, -0.1) is 0 Å². The summed E-state index contributed by atoms with van der Waals surface area (Å²) >= 11 is 11.5. The predicted molar refractivity (Wildman–Crippen MR) is 110 cm³/mol. The highest BCUT2D eigenvalue weighted by Crippen LogP contribution is 2.32. The van der Waals surface area contributed by atoms with Crippen LogP contribution in [-0.2, 0) is 4.79 Å². The first-order valence-electron chi connectivity index (χ1n) is 8.39. The third-order valence-electron chi connectivity index (χ3n) is 4.17. The fourth-order valence-electron chi connectivity index (χ4n) is 2.98. The van der Waals surface area contributed by atoms with Crippen LogP contribution in [0.1, 0.15) is 5.56 Å². The Hall–Kier alpha value is -2.88. The molecule has 0 aliphatic carbocycles. The van der Waals surface area contributed by atoms with Crippen LogP contribution < -0.4 is 4.90 Å². The van der Waals surface area contributed by atoms with Crippen molar-refractivity contribution in [3.8, 4) is 11.4 Å². The fourth-order valence-corrected chi connectivity index (χ4v) is 3.32. The molecule has 1 N–H and O–H groups in total. The summed E-state index contributed by atoms with van der Waals surface area (Å²) in [5.74, 6) is 0.261. The molecule has 4 rings (SSSR count). The minimum Gasteiger partial charge on any atom is -0.293 e. The van der Waals surface area contributed by atoms with Crippen molar-refractivity contribution in [2.24, 2.45) is 5.10 Å². The van der Waals surface area contributed by atoms with Crippen LogP contribution in [0.15, 0.2) is 47.8 Å². The van der Waals surface area contributed by atoms with Crippen LogP contribution >= 0.6 is 23.8 Å². The van der Waals surface area contributed by atoms with Gasteiger partial charge in [0.1, 0.15) is 0 Å². The number of anilines is 1. The number of amides is 1. The zero-order valence-corrected chi connectivity index (χ0v) is 16.7. The van der Waals surface area contributed by atoms with Crippen LogP contribution in [0, 0.1) is 4.77 Å². The Bertz CT molecular complexity index is 1140. The minimum absolute atomic E-state index is 0.227. The molecule has 2 aromatic heterocycles. The number of fused-ring (bicyclic) bond motifs is 1. The Kier molecular flexibility index (Phi) is 4.80. The van der Waals surface area contributed by atoms with E-state index in [0.29, 0.717) is 23.1 Å². The van der Waals surface area contributed by atoms with Crippen molar-refractivity contribution in [2.75, 3.05) is 25.7 Å². The molecule has 1 aliphatic heterocycles. The lowest BCUT2D eigenvalue weighted by Crippen LogP contribution is -2.37. The van der Waals surface area contributed by atoms with Gasteiger partial charge in [0.2, 0.25) is 4.77 Å². The molecular weight excluding hydrogens is 398 g/mol. The van der Waals surface area contributed by atoms with Gasteiger partial charge in [-0.05, 0) is 56.6 Å². The van der Waals surface area contributed by atoms with Crippen molar-refractivity contribution in [3.63, 3.8) is 0 Å². The Morgan fingerprint density at radius 3 is 2.71 bits per heavy atom. The van der Waals surface area contributed by atoms with Crippen molar-refractivity contribution in [1.82, 2.24) is 24.8 Å². The summed E-state index contributed by atoms with van der Waals surface area (Å²) in [7, 11) is 3.79. The number of rotatable bonds is 4. The number of nitrogens with one attached hydrogen (secondary N) is 1. The fraction of sp³-hybridized carbons (Fsp3) is 0.167. The van der Waals surface area contributed by atoms with Gasteiger partial charge in [-0.1, -0.05) is 11.6 Å². The topological polar surface area (TPSA) is 82.4 Å². The van der Waals surface area contributed by atoms with Crippen LogP contribution in [0.2, 0.25) is 5.02 Å². The SMILES string of the molecule is CN(C)CN1C(=O)/C(=N\n2c(-c3ccncc3)n[nH]c2=S)c2cc(Cl)ccc21. The zero-order chi connectivity index (χ0) is 19.8. The van der Waals surface area contributed by atoms with Crippen molar-refractivity contribution in [2.45, 2.75) is 0 Å². The molecule has 3 heterocycles. The van der Waals surface area contributed by atoms with E-state index in [0.717, 1.165) is 11.3 Å². The number of hydrogen-bond acceptors (Lipinski definition) is 6. The van der Waals surface area contributed by atoms with Crippen LogP contribution in [0.5, 0.6) is 0 Å². The van der Waals surface area contributed by atoms with Gasteiger partial charge in [0.15, 0.2) is 11.5 Å². The number of aromatic amines is 1. The molecule has 1 amide bonds. The molecule has 0 saturated carbocycles. The minimum atomic E-state index is -0.227. The summed E-state index contributed by atoms with van der Waals surface area (Å²) in [4.78, 5) is 20.7. The van der Waals surface area contributed by atoms with Crippen LogP contribution in [0.4, 0.5) is 5.69 Å². The van der Waals surface area contributed by atoms with E-state index in [4.69, 9.17) is 23.8 Å². The molecule has 1 aliphatic rings. The Morgan fingerprint density at radius 1 is 1.25 bits per heavy atom. The van der Waals surface area contributed by atoms with E-state index in [-0.39, 0.29) is 16.4 Å². The number of pyridine rings is 1. The number of H-pyrrole nitrogens is 1. The lowest BCUT2D eigenvalue weighted by molar-refractivity contribution is -0.112. The number of benzene rings is 1. The molecule has 0 atom stereocenters. The van der Waals surface area contributed by atoms with Crippen LogP contribution in [-0.4, -0.2) is 57.1 Å². The highest BCUT2D eigenvalue weighted by atomic mass is 35.5. The summed E-state index contributed by atoms with van der Waals surface area (Å²) < 4.78 is 1.73. The second-order valence-electron chi connectivity index (χ2n) is 6.46. The van der Waals surface area contributed by atoms with Crippen molar-refractivity contribution in [3.05, 3.63) is 58.1 Å². The summed E-state index contributed by atoms with van der Waals surface area (Å²) in [5.41, 5.74) is 2.44. The van der Waals surface area contributed by atoms with E-state index in [2.05, 4.69) is 20.3 Å². The Morgan fingerprint density at radius 2 is 2.00 bits per heavy atom. The number of carbonyl (C=O) groups is 1. The first-order chi connectivity index (χ1) is 13.5. The maximum absolute atomic E-state index is 13.1. The average Bonchev–Trinajstić information content (AvgIpc) is 3.15. The molecule has 0 unspecified atom stereocenters. The largest absolute Gasteiger partial charge is 0.293 e. The quantitative estimate of drug-likeness (QED) is 0.665. The smallest absolute Gasteiger partial charge is 0.280 e. The van der Waals surface area contributed by atoms with Gasteiger partial charge in [0, 0.05) is 28.5 Å². The van der Waals surface area contributed by atoms with Crippen LogP contribution in [0.3, 0.4) is 0 Å². The van der Waals surface area contributed by atoms with E-state index in [1.165, 1.54) is 4.68 Å². The lowest BCUT2D eigenvalue weighted by Gasteiger charge is -2.21. The lowest BCUT2D eigenvalue weighted by atomic mass is 10.1. The first-order valence-corrected chi connectivity index (χ1v) is 9.17. The second kappa shape index (κ2) is 7.27. The van der Waals surface area contributed by atoms with E-state index in [1.807, 2.05) is 25.1 Å². The second-order valence-corrected chi connectivity index (χ2v) is 7.29. The van der Waals surface area contributed by atoms with Crippen molar-refractivity contribution in [1.29, 1.82) is 0 Å².